The molecule has 0 saturated carbocycles. The maximum Gasteiger partial charge on any atom is 0.326 e. The molecule has 18 N–H and O–H groups in total. The molecule has 0 bridgehead atoms. The highest BCUT2D eigenvalue weighted by Crippen LogP contribution is 2.23. The van der Waals surface area contributed by atoms with E-state index < -0.39 is 199 Å². The molecule has 1 aliphatic rings. The number of carbonyl (C=O) groups is 15. The van der Waals surface area contributed by atoms with Crippen molar-refractivity contribution in [2.24, 2.45) is 29.4 Å². The molecule has 120 heavy (non-hydrogen) atoms. The number of nitrogens with two attached hydrogens (primary N) is 1. The van der Waals surface area contributed by atoms with Crippen molar-refractivity contribution < 1.29 is 92.3 Å². The van der Waals surface area contributed by atoms with Crippen molar-refractivity contribution >= 4 is 100 Å². The van der Waals surface area contributed by atoms with E-state index in [2.05, 4.69) is 77.6 Å². The number of hydrogen-bond acceptors (Lipinski definition) is 19. The highest BCUT2D eigenvalue weighted by molar-refractivity contribution is 7.98. The van der Waals surface area contributed by atoms with Crippen LogP contribution in [-0.2, 0) is 71.9 Å². The minimum absolute atomic E-state index is 0.0525. The Labute approximate surface area is 718 Å². The zero-order valence-electron chi connectivity index (χ0n) is 74.7. The van der Waals surface area contributed by atoms with Crippen LogP contribution in [0.5, 0.6) is 0 Å². The molecule has 0 aliphatic carbocycles. The number of rotatable bonds is 69. The van der Waals surface area contributed by atoms with E-state index >= 15 is 0 Å². The Bertz CT molecular complexity index is 3090. The number of aliphatic hydroxyl groups excluding tert-OH is 3. The number of thioether (sulfide) groups is 1. The van der Waals surface area contributed by atoms with Gasteiger partial charge < -0.3 is 94.9 Å². The lowest BCUT2D eigenvalue weighted by Crippen LogP contribution is -2.62. The van der Waals surface area contributed by atoms with Crippen LogP contribution in [0.25, 0.3) is 0 Å². The SMILES string of the molecule is CCCCCCCCCCCCCCCC(=O)NCCCC[C@H](NC(=O)CCCCCCCCCCCCCCC)C(=O)N[C@@H](CO)C(=O)N[C@@H](CO)C(=O)N[C@@H](CC(N)=O)C(=O)N[C@@H](CC(C)C)C(=O)N[C@H](C(=O)N1CCC[C@H]1C(=O)N[C@@H](CCSC)C(=O)N[C@H](C(=O)N[C@@H](C)C(=O)N[C@H](C(=O)N[C@H](C(=O)O)C(C)C)[C@@H](C)O)C(C)C)C(C)C. The molecule has 1 heterocycles. The van der Waals surface area contributed by atoms with Gasteiger partial charge in [0.15, 0.2) is 0 Å². The maximum atomic E-state index is 14.7. The van der Waals surface area contributed by atoms with Crippen molar-refractivity contribution in [3.8, 4) is 0 Å². The number of primary amides is 1. The molecule has 1 aliphatic heterocycles. The average molecular weight is 1720 g/mol. The molecule has 0 unspecified atom stereocenters. The van der Waals surface area contributed by atoms with Crippen molar-refractivity contribution in [3.05, 3.63) is 0 Å². The van der Waals surface area contributed by atoms with Gasteiger partial charge in [-0.3, -0.25) is 67.1 Å². The molecule has 13 atom stereocenters. The molecule has 1 saturated heterocycles. The van der Waals surface area contributed by atoms with Crippen molar-refractivity contribution in [2.75, 3.05) is 38.3 Å². The second kappa shape index (κ2) is 64.1. The first-order valence-electron chi connectivity index (χ1n) is 44.8. The molecule has 0 aromatic rings. The van der Waals surface area contributed by atoms with Gasteiger partial charge in [-0.25, -0.2) is 4.79 Å². The van der Waals surface area contributed by atoms with Crippen molar-refractivity contribution in [1.82, 2.24) is 68.7 Å². The van der Waals surface area contributed by atoms with Gasteiger partial charge >= 0.3 is 5.97 Å². The fourth-order valence-electron chi connectivity index (χ4n) is 14.1. The summed E-state index contributed by atoms with van der Waals surface area (Å²) < 4.78 is 0. The van der Waals surface area contributed by atoms with E-state index in [1.54, 1.807) is 61.6 Å². The second-order valence-electron chi connectivity index (χ2n) is 33.9. The fraction of sp³-hybridized carbons (Fsp3) is 0.826. The van der Waals surface area contributed by atoms with E-state index in [4.69, 9.17) is 5.73 Å². The second-order valence-corrected chi connectivity index (χ2v) is 34.9. The van der Waals surface area contributed by atoms with E-state index in [9.17, 15) is 92.3 Å². The zero-order valence-corrected chi connectivity index (χ0v) is 75.5. The number of nitrogens with one attached hydrogen (secondary N) is 12. The van der Waals surface area contributed by atoms with Gasteiger partial charge in [0.1, 0.15) is 72.5 Å². The Morgan fingerprint density at radius 3 is 1.24 bits per heavy atom. The smallest absolute Gasteiger partial charge is 0.326 e. The minimum atomic E-state index is -1.88. The summed E-state index contributed by atoms with van der Waals surface area (Å²) in [6.07, 6.45) is 31.3. The van der Waals surface area contributed by atoms with E-state index in [0.29, 0.717) is 44.4 Å². The maximum absolute atomic E-state index is 14.7. The number of carbonyl (C=O) groups excluding carboxylic acids is 14. The predicted octanol–water partition coefficient (Wildman–Crippen LogP) is 5.67. The highest BCUT2D eigenvalue weighted by Gasteiger charge is 2.43. The van der Waals surface area contributed by atoms with Crippen molar-refractivity contribution in [2.45, 2.75) is 393 Å². The molecule has 0 aromatic carbocycles. The molecule has 0 spiro atoms. The average Bonchev–Trinajstić information content (AvgIpc) is 1.63. The lowest BCUT2D eigenvalue weighted by atomic mass is 9.98. The van der Waals surface area contributed by atoms with Gasteiger partial charge in [0.05, 0.1) is 25.7 Å². The number of unbranched alkanes of at least 4 members (excludes halogenated alkanes) is 25. The topological polar surface area (TPSA) is 511 Å². The number of aliphatic hydroxyl groups is 3. The zero-order chi connectivity index (χ0) is 90.2. The van der Waals surface area contributed by atoms with Gasteiger partial charge in [-0.1, -0.05) is 223 Å². The van der Waals surface area contributed by atoms with E-state index in [-0.39, 0.29) is 50.5 Å². The van der Waals surface area contributed by atoms with Gasteiger partial charge in [-0.15, -0.1) is 0 Å². The first-order chi connectivity index (χ1) is 57.0. The summed E-state index contributed by atoms with van der Waals surface area (Å²) >= 11 is 1.36. The largest absolute Gasteiger partial charge is 0.480 e. The van der Waals surface area contributed by atoms with E-state index in [1.165, 1.54) is 140 Å². The normalized spacial score (nSPS) is 15.7. The summed E-state index contributed by atoms with van der Waals surface area (Å²) in [4.78, 5) is 206. The summed E-state index contributed by atoms with van der Waals surface area (Å²) in [7, 11) is 0. The van der Waals surface area contributed by atoms with Crippen LogP contribution in [0.3, 0.4) is 0 Å². The Hall–Kier alpha value is -7.72. The van der Waals surface area contributed by atoms with Crippen LogP contribution < -0.4 is 69.5 Å². The summed E-state index contributed by atoms with van der Waals surface area (Å²) in [5.74, 6) is -14.8. The number of aliphatic carboxylic acids is 1. The van der Waals surface area contributed by atoms with Crippen LogP contribution in [0, 0.1) is 23.7 Å². The van der Waals surface area contributed by atoms with E-state index in [0.717, 1.165) is 51.4 Å². The van der Waals surface area contributed by atoms with Crippen LogP contribution in [0.2, 0.25) is 0 Å². The number of hydrogen-bond donors (Lipinski definition) is 17. The third-order valence-electron chi connectivity index (χ3n) is 21.5. The van der Waals surface area contributed by atoms with Crippen LogP contribution in [0.1, 0.15) is 314 Å². The van der Waals surface area contributed by atoms with Gasteiger partial charge in [-0.05, 0) is 107 Å². The minimum Gasteiger partial charge on any atom is -0.480 e. The molecule has 1 rings (SSSR count). The number of carboxylic acid groups (broad SMARTS) is 1. The van der Waals surface area contributed by atoms with E-state index in [1.807, 2.05) is 0 Å². The predicted molar refractivity (Wildman–Crippen MR) is 463 cm³/mol. The molecular formula is C86H156N14O19S. The van der Waals surface area contributed by atoms with Crippen LogP contribution in [0.15, 0.2) is 0 Å². The first kappa shape index (κ1) is 110. The Morgan fingerprint density at radius 2 is 0.800 bits per heavy atom. The third kappa shape index (κ3) is 46.5. The van der Waals surface area contributed by atoms with Crippen LogP contribution in [0.4, 0.5) is 0 Å². The molecule has 34 heteroatoms. The monoisotopic (exact) mass is 1720 g/mol. The summed E-state index contributed by atoms with van der Waals surface area (Å²) in [6, 6.07) is -17.4. The number of nitrogens with zero attached hydrogens (tertiary/aromatic N) is 1. The highest BCUT2D eigenvalue weighted by atomic mass is 32.2. The van der Waals surface area contributed by atoms with Crippen LogP contribution in [-0.4, -0.2) is 231 Å². The van der Waals surface area contributed by atoms with Gasteiger partial charge in [0, 0.05) is 25.9 Å². The molecule has 33 nitrogen and oxygen atoms in total. The fourth-order valence-corrected chi connectivity index (χ4v) is 14.6. The lowest BCUT2D eigenvalue weighted by Gasteiger charge is -2.33. The Morgan fingerprint density at radius 1 is 0.408 bits per heavy atom. The van der Waals surface area contributed by atoms with Crippen molar-refractivity contribution in [3.63, 3.8) is 0 Å². The molecule has 0 aromatic heterocycles. The molecule has 0 radical (unpaired) electrons. The lowest BCUT2D eigenvalue weighted by molar-refractivity contribution is -0.144. The number of carboxylic acids is 1. The number of amides is 14. The van der Waals surface area contributed by atoms with Gasteiger partial charge in [0.2, 0.25) is 82.7 Å². The Balaban J connectivity index is 3.26. The Kier molecular flexibility index (Phi) is 58.9. The molecule has 14 amide bonds. The summed E-state index contributed by atoms with van der Waals surface area (Å²) in [6.45, 7) is 18.3. The first-order valence-corrected chi connectivity index (χ1v) is 46.2. The van der Waals surface area contributed by atoms with Gasteiger partial charge in [-0.2, -0.15) is 11.8 Å². The molecule has 690 valence electrons. The summed E-state index contributed by atoms with van der Waals surface area (Å²) in [5, 5.41) is 71.6. The number of likely N-dealkylation sites (tertiary alicyclic amines) is 1. The molecule has 1 fully saturated rings. The third-order valence-corrected chi connectivity index (χ3v) is 22.2. The van der Waals surface area contributed by atoms with Gasteiger partial charge in [0.25, 0.3) is 0 Å². The standard InChI is InChI=1S/C86H156N14O19S/c1-14-16-18-20-22-24-26-28-30-32-34-36-38-45-69(105)88-48-41-40-43-61(90-70(106)46-39-37-35-33-31-29-27-25-23-21-19-17-15-2)76(108)94-66(54-102)81(113)95-65(53-101)80(112)93-64(52-68(87)104)78(110)92-63(51-55(3)4)79(111)97-72(57(7)8)85(117)100-49-42-44-67(100)82(114)91-62(47-50-120-13)77(109)96-71(56(5)6)83(115)89-59(11)75(107)99-74(60(12)103)84(116)98-73(58(9)10)86(118)119/h55-67,71-74,101-103H,14-54H2,1-13H3,(H2,87,104)(H,88,105)(H,89,115)(H,90,106)(H,91,114)(H,92,110)(H,93,112)(H,94,108)(H,95,113)(H,96,109)(H,97,111)(H,98,116)(H,99,107)(H,118,119)/t59-,60+,61-,62-,63-,64-,65-,66-,67-,71-,72-,73-,74-/m0/s1. The summed E-state index contributed by atoms with van der Waals surface area (Å²) in [5.41, 5.74) is 5.58. The van der Waals surface area contributed by atoms with Crippen LogP contribution >= 0.6 is 11.8 Å². The van der Waals surface area contributed by atoms with Crippen molar-refractivity contribution in [1.29, 1.82) is 0 Å². The molecular weight excluding hydrogens is 1570 g/mol. The quantitative estimate of drug-likeness (QED) is 0.0326.